The Morgan fingerprint density at radius 3 is 2.42 bits per heavy atom. The number of rotatable bonds is 3. The van der Waals surface area contributed by atoms with Gasteiger partial charge in [-0.05, 0) is 34.5 Å². The van der Waals surface area contributed by atoms with Crippen LogP contribution < -0.4 is 4.50 Å². The fourth-order valence-electron chi connectivity index (χ4n) is 4.63. The first-order valence-corrected chi connectivity index (χ1v) is 13.7. The molecule has 0 saturated heterocycles. The summed E-state index contributed by atoms with van der Waals surface area (Å²) in [4.78, 5) is 1.66. The summed E-state index contributed by atoms with van der Waals surface area (Å²) in [5.41, 5.74) is 3.33. The molecule has 126 valence electrons. The smallest absolute Gasteiger partial charge is 0.0904 e. The molecule has 1 unspecified atom stereocenters. The van der Waals surface area contributed by atoms with Gasteiger partial charge in [0.25, 0.3) is 0 Å². The topological polar surface area (TPSA) is 0 Å². The Hall–Kier alpha value is -1.12. The van der Waals surface area contributed by atoms with E-state index in [-0.39, 0.29) is 0 Å². The van der Waals surface area contributed by atoms with Gasteiger partial charge in [0.15, 0.2) is 0 Å². The van der Waals surface area contributed by atoms with Crippen molar-refractivity contribution in [2.45, 2.75) is 63.1 Å². The first-order valence-electron chi connectivity index (χ1n) is 9.39. The number of hydrogen-bond acceptors (Lipinski definition) is 1. The zero-order valence-corrected chi connectivity index (χ0v) is 17.0. The van der Waals surface area contributed by atoms with Crippen molar-refractivity contribution in [3.63, 3.8) is 0 Å². The predicted octanol–water partition coefficient (Wildman–Crippen LogP) is 6.31. The molecule has 2 aromatic rings. The monoisotopic (exact) mass is 352 g/mol. The van der Waals surface area contributed by atoms with Crippen LogP contribution in [-0.4, -0.2) is 8.07 Å². The van der Waals surface area contributed by atoms with Gasteiger partial charge in [-0.2, -0.15) is 0 Å². The fourth-order valence-corrected chi connectivity index (χ4v) is 7.81. The Morgan fingerprint density at radius 1 is 0.958 bits per heavy atom. The zero-order chi connectivity index (χ0) is 16.8. The molecule has 0 amide bonds. The van der Waals surface area contributed by atoms with Gasteiger partial charge in [-0.1, -0.05) is 81.4 Å². The Labute approximate surface area is 151 Å². The summed E-state index contributed by atoms with van der Waals surface area (Å²) in [7, 11) is -1.22. The molecule has 0 bridgehead atoms. The van der Waals surface area contributed by atoms with Gasteiger partial charge >= 0.3 is 0 Å². The van der Waals surface area contributed by atoms with Gasteiger partial charge in [0.05, 0.1) is 8.07 Å². The lowest BCUT2D eigenvalue weighted by Gasteiger charge is -2.42. The quantitative estimate of drug-likeness (QED) is 0.568. The third-order valence-corrected chi connectivity index (χ3v) is 10.9. The highest BCUT2D eigenvalue weighted by atomic mass is 32.1. The molecule has 2 aliphatic carbocycles. The summed E-state index contributed by atoms with van der Waals surface area (Å²) in [5.74, 6) is 0.571. The molecule has 1 saturated carbocycles. The summed E-state index contributed by atoms with van der Waals surface area (Å²) >= 11 is 2.13. The highest BCUT2D eigenvalue weighted by Crippen LogP contribution is 2.53. The maximum atomic E-state index is 2.50. The van der Waals surface area contributed by atoms with Crippen LogP contribution in [0.2, 0.25) is 19.6 Å². The lowest BCUT2D eigenvalue weighted by Crippen LogP contribution is -2.36. The molecule has 0 radical (unpaired) electrons. The molecule has 0 spiro atoms. The van der Waals surface area contributed by atoms with Crippen LogP contribution in [0.4, 0.5) is 0 Å². The van der Waals surface area contributed by atoms with E-state index in [4.69, 9.17) is 0 Å². The fraction of sp³-hybridized carbons (Fsp3) is 0.455. The Bertz CT molecular complexity index is 756. The summed E-state index contributed by atoms with van der Waals surface area (Å²) in [6.45, 7) is 7.42. The van der Waals surface area contributed by atoms with Crippen LogP contribution in [0.1, 0.15) is 54.0 Å². The molecule has 0 N–H and O–H groups in total. The van der Waals surface area contributed by atoms with Gasteiger partial charge in [-0.3, -0.25) is 0 Å². The van der Waals surface area contributed by atoms with E-state index in [0.29, 0.717) is 11.3 Å². The van der Waals surface area contributed by atoms with Crippen molar-refractivity contribution in [3.05, 3.63) is 58.5 Å². The van der Waals surface area contributed by atoms with Gasteiger partial charge in [0.2, 0.25) is 0 Å². The molecule has 1 aromatic heterocycles. The summed E-state index contributed by atoms with van der Waals surface area (Å²) < 4.78 is 1.66. The maximum absolute atomic E-state index is 2.50. The average Bonchev–Trinajstić information content (AvgIpc) is 3.23. The second kappa shape index (κ2) is 6.00. The molecule has 1 aromatic carbocycles. The van der Waals surface area contributed by atoms with Crippen molar-refractivity contribution in [1.82, 2.24) is 0 Å². The second-order valence-electron chi connectivity index (χ2n) is 8.60. The Balaban J connectivity index is 1.80. The van der Waals surface area contributed by atoms with Crippen LogP contribution in [0, 0.1) is 0 Å². The SMILES string of the molecule is C[Si](C)(C)c1ccc(C2(C3C=Cc4ccccc43)CCCCC2)s1. The molecule has 2 aliphatic rings. The standard InChI is InChI=1S/C22H28SSi/c1-24(2,3)21-14-13-20(23-21)22(15-7-4-8-16-22)19-12-11-17-9-5-6-10-18(17)19/h5-6,9-14,19H,4,7-8,15-16H2,1-3H3. The van der Waals surface area contributed by atoms with Crippen molar-refractivity contribution in [1.29, 1.82) is 0 Å². The van der Waals surface area contributed by atoms with Crippen LogP contribution in [0.3, 0.4) is 0 Å². The van der Waals surface area contributed by atoms with E-state index in [1.165, 1.54) is 37.7 Å². The summed E-state index contributed by atoms with van der Waals surface area (Å²) in [6.07, 6.45) is 11.7. The third-order valence-electron chi connectivity index (χ3n) is 5.98. The number of allylic oxidation sites excluding steroid dienone is 1. The molecule has 2 heteroatoms. The van der Waals surface area contributed by atoms with Gasteiger partial charge < -0.3 is 0 Å². The largest absolute Gasteiger partial charge is 0.149 e. The van der Waals surface area contributed by atoms with Crippen LogP contribution in [0.25, 0.3) is 6.08 Å². The van der Waals surface area contributed by atoms with Gasteiger partial charge in [0.1, 0.15) is 0 Å². The van der Waals surface area contributed by atoms with Gasteiger partial charge in [-0.25, -0.2) is 0 Å². The molecule has 1 heterocycles. The first kappa shape index (κ1) is 16.4. The minimum Gasteiger partial charge on any atom is -0.149 e. The molecule has 1 atom stereocenters. The van der Waals surface area contributed by atoms with Crippen LogP contribution >= 0.6 is 11.3 Å². The normalized spacial score (nSPS) is 22.5. The first-order chi connectivity index (χ1) is 11.5. The van der Waals surface area contributed by atoms with Crippen LogP contribution in [0.15, 0.2) is 42.5 Å². The molecule has 0 aliphatic heterocycles. The predicted molar refractivity (Wildman–Crippen MR) is 110 cm³/mol. The molecular formula is C22H28SSi. The van der Waals surface area contributed by atoms with Crippen LogP contribution in [0.5, 0.6) is 0 Å². The van der Waals surface area contributed by atoms with E-state index in [1.54, 1.807) is 14.9 Å². The Morgan fingerprint density at radius 2 is 1.71 bits per heavy atom. The van der Waals surface area contributed by atoms with Crippen molar-refractivity contribution >= 4 is 30.0 Å². The summed E-state index contributed by atoms with van der Waals surface area (Å²) in [6, 6.07) is 14.0. The Kier molecular flexibility index (Phi) is 4.09. The average molecular weight is 353 g/mol. The lowest BCUT2D eigenvalue weighted by atomic mass is 9.63. The number of fused-ring (bicyclic) bond motifs is 1. The molecule has 1 fully saturated rings. The van der Waals surface area contributed by atoms with E-state index in [2.05, 4.69) is 79.5 Å². The van der Waals surface area contributed by atoms with Crippen LogP contribution in [-0.2, 0) is 5.41 Å². The van der Waals surface area contributed by atoms with Crippen molar-refractivity contribution in [2.24, 2.45) is 0 Å². The molecule has 0 nitrogen and oxygen atoms in total. The third kappa shape index (κ3) is 2.64. The van der Waals surface area contributed by atoms with Crippen molar-refractivity contribution in [2.75, 3.05) is 0 Å². The maximum Gasteiger partial charge on any atom is 0.0904 e. The lowest BCUT2D eigenvalue weighted by molar-refractivity contribution is 0.273. The highest BCUT2D eigenvalue weighted by Gasteiger charge is 2.44. The van der Waals surface area contributed by atoms with E-state index in [0.717, 1.165) is 0 Å². The number of benzene rings is 1. The van der Waals surface area contributed by atoms with E-state index >= 15 is 0 Å². The number of hydrogen-bond donors (Lipinski definition) is 0. The number of thiophene rings is 1. The minimum absolute atomic E-state index is 0.337. The van der Waals surface area contributed by atoms with Gasteiger partial charge in [0, 0.05) is 16.2 Å². The molecule has 4 rings (SSSR count). The molecule has 24 heavy (non-hydrogen) atoms. The minimum atomic E-state index is -1.22. The molecular weight excluding hydrogens is 324 g/mol. The van der Waals surface area contributed by atoms with E-state index in [9.17, 15) is 0 Å². The summed E-state index contributed by atoms with van der Waals surface area (Å²) in [5, 5.41) is 0. The van der Waals surface area contributed by atoms with Crippen molar-refractivity contribution in [3.8, 4) is 0 Å². The van der Waals surface area contributed by atoms with Gasteiger partial charge in [-0.15, -0.1) is 11.3 Å². The van der Waals surface area contributed by atoms with E-state index < -0.39 is 8.07 Å². The second-order valence-corrected chi connectivity index (χ2v) is 15.1. The highest BCUT2D eigenvalue weighted by molar-refractivity contribution is 7.26. The van der Waals surface area contributed by atoms with Crippen molar-refractivity contribution < 1.29 is 0 Å². The zero-order valence-electron chi connectivity index (χ0n) is 15.1. The van der Waals surface area contributed by atoms with E-state index in [1.807, 2.05) is 0 Å².